The van der Waals surface area contributed by atoms with Crippen LogP contribution < -0.4 is 10.2 Å². The van der Waals surface area contributed by atoms with Crippen LogP contribution in [0.15, 0.2) is 33.9 Å². The number of allylic oxidation sites excluding steroid dienone is 1. The largest absolute Gasteiger partial charge is 0.504 e. The molecule has 0 saturated heterocycles. The first kappa shape index (κ1) is 18.6. The highest BCUT2D eigenvalue weighted by Gasteiger charge is 2.60. The van der Waals surface area contributed by atoms with Crippen molar-refractivity contribution < 1.29 is 14.6 Å². The fourth-order valence-corrected chi connectivity index (χ4v) is 3.02. The monoisotopic (exact) mass is 370 g/mol. The van der Waals surface area contributed by atoms with Gasteiger partial charge in [0.2, 0.25) is 5.91 Å². The number of amides is 1. The summed E-state index contributed by atoms with van der Waals surface area (Å²) in [6, 6.07) is 4.84. The Morgan fingerprint density at radius 1 is 1.46 bits per heavy atom. The molecule has 0 aliphatic heterocycles. The summed E-state index contributed by atoms with van der Waals surface area (Å²) in [5, 5.41) is 13.6. The van der Waals surface area contributed by atoms with Gasteiger partial charge in [-0.25, -0.2) is 5.43 Å². The molecule has 7 heteroatoms. The van der Waals surface area contributed by atoms with Crippen molar-refractivity contribution in [2.45, 2.75) is 20.8 Å². The second-order valence-corrected chi connectivity index (χ2v) is 7.18. The molecular formula is C17H20Cl2N2O3. The molecule has 1 amide bonds. The lowest BCUT2D eigenvalue weighted by atomic mass is 10.1. The van der Waals surface area contributed by atoms with E-state index in [9.17, 15) is 9.90 Å². The number of carbonyl (C=O) groups excluding carboxylic acids is 1. The summed E-state index contributed by atoms with van der Waals surface area (Å²) in [5.74, 6) is 0.0242. The normalized spacial score (nSPS) is 21.4. The Bertz CT molecular complexity index is 682. The van der Waals surface area contributed by atoms with E-state index in [1.807, 2.05) is 20.8 Å². The van der Waals surface area contributed by atoms with Gasteiger partial charge in [-0.15, -0.1) is 0 Å². The first-order chi connectivity index (χ1) is 11.3. The summed E-state index contributed by atoms with van der Waals surface area (Å²) in [6.45, 7) is 6.23. The molecule has 2 rings (SSSR count). The van der Waals surface area contributed by atoms with E-state index >= 15 is 0 Å². The van der Waals surface area contributed by atoms with Crippen LogP contribution in [-0.2, 0) is 4.79 Å². The Labute approximate surface area is 151 Å². The third-order valence-corrected chi connectivity index (χ3v) is 4.42. The Morgan fingerprint density at radius 2 is 2.17 bits per heavy atom. The van der Waals surface area contributed by atoms with Crippen LogP contribution in [0.25, 0.3) is 0 Å². The molecule has 0 radical (unpaired) electrons. The van der Waals surface area contributed by atoms with E-state index < -0.39 is 0 Å². The van der Waals surface area contributed by atoms with Crippen LogP contribution >= 0.6 is 23.2 Å². The number of carbonyl (C=O) groups is 1. The highest BCUT2D eigenvalue weighted by atomic mass is 35.5. The van der Waals surface area contributed by atoms with Crippen molar-refractivity contribution in [3.63, 3.8) is 0 Å². The number of hydrogen-bond acceptors (Lipinski definition) is 4. The van der Waals surface area contributed by atoms with E-state index in [-0.39, 0.29) is 33.4 Å². The van der Waals surface area contributed by atoms with Crippen LogP contribution in [0.5, 0.6) is 11.5 Å². The maximum atomic E-state index is 12.2. The number of nitrogens with one attached hydrogen (secondary N) is 1. The molecule has 0 bridgehead atoms. The van der Waals surface area contributed by atoms with Crippen molar-refractivity contribution in [1.82, 2.24) is 5.43 Å². The average Bonchev–Trinajstić information content (AvgIpc) is 3.02. The first-order valence-corrected chi connectivity index (χ1v) is 8.34. The van der Waals surface area contributed by atoms with Gasteiger partial charge in [0.25, 0.3) is 0 Å². The zero-order valence-electron chi connectivity index (χ0n) is 13.7. The summed E-state index contributed by atoms with van der Waals surface area (Å²) in [7, 11) is 0. The molecule has 24 heavy (non-hydrogen) atoms. The predicted octanol–water partition coefficient (Wildman–Crippen LogP) is 3.83. The Balaban J connectivity index is 1.98. The zero-order valence-corrected chi connectivity index (χ0v) is 15.2. The van der Waals surface area contributed by atoms with Crippen LogP contribution in [-0.4, -0.2) is 23.8 Å². The molecule has 0 spiro atoms. The zero-order chi connectivity index (χ0) is 17.9. The van der Waals surface area contributed by atoms with Crippen LogP contribution in [0.2, 0.25) is 0 Å². The van der Waals surface area contributed by atoms with Crippen LogP contribution in [0, 0.1) is 17.3 Å². The van der Waals surface area contributed by atoms with Gasteiger partial charge in [-0.05, 0) is 48.1 Å². The number of phenols is 1. The fraction of sp³-hybridized carbons (Fsp3) is 0.412. The molecule has 1 fully saturated rings. The van der Waals surface area contributed by atoms with Gasteiger partial charge in [0.15, 0.2) is 11.5 Å². The molecule has 1 aliphatic carbocycles. The number of nitrogens with zero attached hydrogens (tertiary/aromatic N) is 1. The quantitative estimate of drug-likeness (QED) is 0.590. The summed E-state index contributed by atoms with van der Waals surface area (Å²) in [5.41, 5.74) is 3.03. The van der Waals surface area contributed by atoms with Gasteiger partial charge >= 0.3 is 0 Å². The number of hydrogen-bond donors (Lipinski definition) is 2. The van der Waals surface area contributed by atoms with Crippen LogP contribution in [0.1, 0.15) is 26.3 Å². The van der Waals surface area contributed by atoms with Crippen LogP contribution in [0.4, 0.5) is 0 Å². The van der Waals surface area contributed by atoms with E-state index in [0.717, 1.165) is 0 Å². The molecule has 1 aromatic rings. The van der Waals surface area contributed by atoms with Gasteiger partial charge in [0, 0.05) is 0 Å². The summed E-state index contributed by atoms with van der Waals surface area (Å²) in [4.78, 5) is 12.2. The SMILES string of the molecule is CCOc1cc(/C=N/NC(=O)C2C(C=C(Cl)Cl)C2(C)C)ccc1O. The van der Waals surface area contributed by atoms with Gasteiger partial charge in [0.1, 0.15) is 4.49 Å². The van der Waals surface area contributed by atoms with Crippen molar-refractivity contribution in [2.75, 3.05) is 6.61 Å². The van der Waals surface area contributed by atoms with E-state index in [0.29, 0.717) is 17.9 Å². The maximum Gasteiger partial charge on any atom is 0.244 e. The highest BCUT2D eigenvalue weighted by molar-refractivity contribution is 6.55. The van der Waals surface area contributed by atoms with Crippen molar-refractivity contribution in [3.8, 4) is 11.5 Å². The fourth-order valence-electron chi connectivity index (χ4n) is 2.75. The molecule has 2 atom stereocenters. The van der Waals surface area contributed by atoms with E-state index in [1.165, 1.54) is 12.3 Å². The standard InChI is InChI=1S/C17H20Cl2N2O3/c1-4-24-13-7-10(5-6-12(13)22)9-20-21-16(23)15-11(8-14(18)19)17(15,2)3/h5-9,11,15,22H,4H2,1-3H3,(H,21,23)/b20-9+. The number of benzene rings is 1. The molecule has 2 unspecified atom stereocenters. The van der Waals surface area contributed by atoms with Gasteiger partial charge in [-0.3, -0.25) is 4.79 Å². The molecule has 1 saturated carbocycles. The summed E-state index contributed by atoms with van der Waals surface area (Å²) in [6.07, 6.45) is 3.18. The number of phenolic OH excluding ortho intramolecular Hbond substituents is 1. The van der Waals surface area contributed by atoms with E-state index in [4.69, 9.17) is 27.9 Å². The summed E-state index contributed by atoms with van der Waals surface area (Å²) < 4.78 is 5.47. The second-order valence-electron chi connectivity index (χ2n) is 6.18. The number of hydrazone groups is 1. The van der Waals surface area contributed by atoms with Gasteiger partial charge in [-0.2, -0.15) is 5.10 Å². The number of ether oxygens (including phenoxy) is 1. The van der Waals surface area contributed by atoms with Gasteiger partial charge < -0.3 is 9.84 Å². The third kappa shape index (κ3) is 4.22. The minimum absolute atomic E-state index is 0.00377. The minimum atomic E-state index is -0.221. The number of halogens is 2. The van der Waals surface area contributed by atoms with Gasteiger partial charge in [0.05, 0.1) is 18.7 Å². The molecule has 0 heterocycles. The topological polar surface area (TPSA) is 70.9 Å². The summed E-state index contributed by atoms with van der Waals surface area (Å²) >= 11 is 11.4. The minimum Gasteiger partial charge on any atom is -0.504 e. The lowest BCUT2D eigenvalue weighted by Gasteiger charge is -2.06. The first-order valence-electron chi connectivity index (χ1n) is 7.59. The molecule has 130 valence electrons. The van der Waals surface area contributed by atoms with Crippen LogP contribution in [0.3, 0.4) is 0 Å². The number of aromatic hydroxyl groups is 1. The van der Waals surface area contributed by atoms with Gasteiger partial charge in [-0.1, -0.05) is 37.0 Å². The lowest BCUT2D eigenvalue weighted by Crippen LogP contribution is -2.21. The second kappa shape index (κ2) is 7.45. The molecule has 2 N–H and O–H groups in total. The Kier molecular flexibility index (Phi) is 5.78. The molecule has 5 nitrogen and oxygen atoms in total. The Hall–Kier alpha value is -1.72. The van der Waals surface area contributed by atoms with E-state index in [1.54, 1.807) is 18.2 Å². The van der Waals surface area contributed by atoms with Crippen molar-refractivity contribution in [3.05, 3.63) is 34.3 Å². The molecule has 1 aromatic carbocycles. The average molecular weight is 371 g/mol. The smallest absolute Gasteiger partial charge is 0.244 e. The van der Waals surface area contributed by atoms with Crippen molar-refractivity contribution >= 4 is 35.3 Å². The molecule has 0 aromatic heterocycles. The highest BCUT2D eigenvalue weighted by Crippen LogP contribution is 2.59. The van der Waals surface area contributed by atoms with Crippen molar-refractivity contribution in [1.29, 1.82) is 0 Å². The third-order valence-electron chi connectivity index (χ3n) is 4.17. The molecule has 1 aliphatic rings. The molecular weight excluding hydrogens is 351 g/mol. The maximum absolute atomic E-state index is 12.2. The number of rotatable bonds is 6. The van der Waals surface area contributed by atoms with E-state index in [2.05, 4.69) is 10.5 Å². The lowest BCUT2D eigenvalue weighted by molar-refractivity contribution is -0.123. The Morgan fingerprint density at radius 3 is 2.79 bits per heavy atom. The van der Waals surface area contributed by atoms with Crippen molar-refractivity contribution in [2.24, 2.45) is 22.4 Å². The predicted molar refractivity (Wildman–Crippen MR) is 95.6 cm³/mol.